The summed E-state index contributed by atoms with van der Waals surface area (Å²) in [7, 11) is -3.21. The third kappa shape index (κ3) is 4.26. The second kappa shape index (κ2) is 6.67. The van der Waals surface area contributed by atoms with Crippen molar-refractivity contribution >= 4 is 15.7 Å². The van der Waals surface area contributed by atoms with Crippen molar-refractivity contribution in [3.8, 4) is 0 Å². The topological polar surface area (TPSA) is 72.0 Å². The summed E-state index contributed by atoms with van der Waals surface area (Å²) in [6.45, 7) is 4.29. The Morgan fingerprint density at radius 2 is 1.86 bits per heavy atom. The maximum atomic E-state index is 12.1. The predicted octanol–water partition coefficient (Wildman–Crippen LogP) is 2.37. The molecule has 1 heterocycles. The molecule has 2 aromatic rings. The fraction of sp³-hybridized carbons (Fsp3) is 0.333. The van der Waals surface area contributed by atoms with Crippen LogP contribution in [0.15, 0.2) is 41.4 Å². The highest BCUT2D eigenvalue weighted by Crippen LogP contribution is 2.12. The third-order valence-electron chi connectivity index (χ3n) is 3.06. The highest BCUT2D eigenvalue weighted by Gasteiger charge is 2.13. The van der Waals surface area contributed by atoms with Crippen LogP contribution >= 0.6 is 0 Å². The summed E-state index contributed by atoms with van der Waals surface area (Å²) in [6, 6.07) is 8.52. The van der Waals surface area contributed by atoms with Crippen molar-refractivity contribution in [1.82, 2.24) is 9.97 Å². The van der Waals surface area contributed by atoms with Crippen LogP contribution in [0.5, 0.6) is 0 Å². The van der Waals surface area contributed by atoms with Crippen LogP contribution < -0.4 is 5.32 Å². The largest absolute Gasteiger partial charge is 0.369 e. The number of hydrogen-bond donors (Lipinski definition) is 1. The summed E-state index contributed by atoms with van der Waals surface area (Å²) in [6.07, 6.45) is 2.23. The standard InChI is InChI=1S/C15H19N3O2S/c1-12-11-17-13(2)15(18-12)16-9-6-10-21(19,20)14-7-4-3-5-8-14/h3-5,7-8,11H,6,9-10H2,1-2H3,(H,16,18). The monoisotopic (exact) mass is 305 g/mol. The SMILES string of the molecule is Cc1cnc(C)c(NCCCS(=O)(=O)c2ccccc2)n1. The highest BCUT2D eigenvalue weighted by molar-refractivity contribution is 7.91. The number of sulfone groups is 1. The lowest BCUT2D eigenvalue weighted by molar-refractivity contribution is 0.594. The second-order valence-corrected chi connectivity index (χ2v) is 6.97. The van der Waals surface area contributed by atoms with Crippen LogP contribution in [0.1, 0.15) is 17.8 Å². The van der Waals surface area contributed by atoms with E-state index in [9.17, 15) is 8.42 Å². The van der Waals surface area contributed by atoms with E-state index in [4.69, 9.17) is 0 Å². The van der Waals surface area contributed by atoms with Gasteiger partial charge in [-0.25, -0.2) is 13.4 Å². The summed E-state index contributed by atoms with van der Waals surface area (Å²) >= 11 is 0. The Morgan fingerprint density at radius 1 is 1.14 bits per heavy atom. The lowest BCUT2D eigenvalue weighted by atomic mass is 10.4. The molecule has 1 aromatic heterocycles. The number of nitrogens with one attached hydrogen (secondary N) is 1. The van der Waals surface area contributed by atoms with Crippen LogP contribution in [0, 0.1) is 13.8 Å². The van der Waals surface area contributed by atoms with Gasteiger partial charge in [-0.3, -0.25) is 4.98 Å². The highest BCUT2D eigenvalue weighted by atomic mass is 32.2. The van der Waals surface area contributed by atoms with Crippen molar-refractivity contribution in [3.05, 3.63) is 47.9 Å². The van der Waals surface area contributed by atoms with E-state index in [1.165, 1.54) is 0 Å². The van der Waals surface area contributed by atoms with Gasteiger partial charge in [-0.05, 0) is 32.4 Å². The van der Waals surface area contributed by atoms with Gasteiger partial charge in [-0.15, -0.1) is 0 Å². The van der Waals surface area contributed by atoms with E-state index in [0.29, 0.717) is 23.7 Å². The molecule has 6 heteroatoms. The lowest BCUT2D eigenvalue weighted by Crippen LogP contribution is -2.13. The average Bonchev–Trinajstić information content (AvgIpc) is 2.48. The van der Waals surface area contributed by atoms with Crippen LogP contribution in [0.4, 0.5) is 5.82 Å². The first kappa shape index (κ1) is 15.4. The van der Waals surface area contributed by atoms with E-state index in [0.717, 1.165) is 11.4 Å². The maximum Gasteiger partial charge on any atom is 0.178 e. The number of aromatic nitrogens is 2. The van der Waals surface area contributed by atoms with Crippen molar-refractivity contribution < 1.29 is 8.42 Å². The molecular formula is C15H19N3O2S. The van der Waals surface area contributed by atoms with Gasteiger partial charge in [0.05, 0.1) is 22.0 Å². The number of benzene rings is 1. The van der Waals surface area contributed by atoms with Crippen LogP contribution in [-0.2, 0) is 9.84 Å². The zero-order valence-electron chi connectivity index (χ0n) is 12.2. The van der Waals surface area contributed by atoms with Gasteiger partial charge < -0.3 is 5.32 Å². The Labute approximate surface area is 125 Å². The van der Waals surface area contributed by atoms with E-state index in [2.05, 4.69) is 15.3 Å². The molecule has 1 aromatic carbocycles. The van der Waals surface area contributed by atoms with Gasteiger partial charge >= 0.3 is 0 Å². The molecule has 0 bridgehead atoms. The molecule has 0 atom stereocenters. The Bertz CT molecular complexity index is 700. The van der Waals surface area contributed by atoms with Gasteiger partial charge in [0.15, 0.2) is 9.84 Å². The minimum atomic E-state index is -3.21. The number of anilines is 1. The molecule has 0 fully saturated rings. The smallest absolute Gasteiger partial charge is 0.178 e. The van der Waals surface area contributed by atoms with Gasteiger partial charge in [0.25, 0.3) is 0 Å². The molecule has 5 nitrogen and oxygen atoms in total. The minimum Gasteiger partial charge on any atom is -0.369 e. The summed E-state index contributed by atoms with van der Waals surface area (Å²) in [5.74, 6) is 0.828. The molecule has 0 aliphatic carbocycles. The molecule has 2 rings (SSSR count). The first-order valence-corrected chi connectivity index (χ1v) is 8.46. The molecular weight excluding hydrogens is 286 g/mol. The number of hydrogen-bond acceptors (Lipinski definition) is 5. The molecule has 0 amide bonds. The molecule has 1 N–H and O–H groups in total. The fourth-order valence-corrected chi connectivity index (χ4v) is 3.25. The first-order chi connectivity index (χ1) is 9.99. The van der Waals surface area contributed by atoms with Gasteiger partial charge in [0, 0.05) is 12.7 Å². The molecule has 0 unspecified atom stereocenters. The molecule has 112 valence electrons. The quantitative estimate of drug-likeness (QED) is 0.830. The number of rotatable bonds is 6. The van der Waals surface area contributed by atoms with Gasteiger partial charge in [0.2, 0.25) is 0 Å². The lowest BCUT2D eigenvalue weighted by Gasteiger charge is -2.09. The second-order valence-electron chi connectivity index (χ2n) is 4.86. The molecule has 0 saturated heterocycles. The van der Waals surface area contributed by atoms with E-state index in [1.807, 2.05) is 13.8 Å². The van der Waals surface area contributed by atoms with Gasteiger partial charge in [-0.1, -0.05) is 18.2 Å². The first-order valence-electron chi connectivity index (χ1n) is 6.81. The summed E-state index contributed by atoms with van der Waals surface area (Å²) in [4.78, 5) is 8.92. The number of nitrogens with zero attached hydrogens (tertiary/aromatic N) is 2. The molecule has 0 radical (unpaired) electrons. The predicted molar refractivity (Wildman–Crippen MR) is 83.1 cm³/mol. The average molecular weight is 305 g/mol. The maximum absolute atomic E-state index is 12.1. The van der Waals surface area contributed by atoms with Gasteiger partial charge in [0.1, 0.15) is 5.82 Å². The van der Waals surface area contributed by atoms with E-state index in [-0.39, 0.29) is 5.75 Å². The van der Waals surface area contributed by atoms with Crippen LogP contribution in [0.2, 0.25) is 0 Å². The Hall–Kier alpha value is -1.95. The third-order valence-corrected chi connectivity index (χ3v) is 4.88. The van der Waals surface area contributed by atoms with Crippen LogP contribution in [-0.4, -0.2) is 30.7 Å². The zero-order valence-corrected chi connectivity index (χ0v) is 13.0. The summed E-state index contributed by atoms with van der Waals surface area (Å²) in [5.41, 5.74) is 1.64. The van der Waals surface area contributed by atoms with E-state index >= 15 is 0 Å². The Balaban J connectivity index is 1.89. The summed E-state index contributed by atoms with van der Waals surface area (Å²) in [5, 5.41) is 3.14. The zero-order chi connectivity index (χ0) is 15.3. The molecule has 0 spiro atoms. The Morgan fingerprint density at radius 3 is 2.57 bits per heavy atom. The Kier molecular flexibility index (Phi) is 4.90. The van der Waals surface area contributed by atoms with Crippen LogP contribution in [0.3, 0.4) is 0 Å². The van der Waals surface area contributed by atoms with Crippen molar-refractivity contribution in [2.75, 3.05) is 17.6 Å². The minimum absolute atomic E-state index is 0.113. The van der Waals surface area contributed by atoms with Crippen LogP contribution in [0.25, 0.3) is 0 Å². The van der Waals surface area contributed by atoms with E-state index < -0.39 is 9.84 Å². The van der Waals surface area contributed by atoms with Crippen molar-refractivity contribution in [3.63, 3.8) is 0 Å². The van der Waals surface area contributed by atoms with Crippen molar-refractivity contribution in [2.45, 2.75) is 25.2 Å². The molecule has 0 aliphatic rings. The molecule has 0 saturated carbocycles. The van der Waals surface area contributed by atoms with E-state index in [1.54, 1.807) is 36.5 Å². The normalized spacial score (nSPS) is 11.3. The van der Waals surface area contributed by atoms with Crippen molar-refractivity contribution in [1.29, 1.82) is 0 Å². The van der Waals surface area contributed by atoms with Gasteiger partial charge in [-0.2, -0.15) is 0 Å². The fourth-order valence-electron chi connectivity index (χ4n) is 1.92. The molecule has 0 aliphatic heterocycles. The van der Waals surface area contributed by atoms with Crippen molar-refractivity contribution in [2.24, 2.45) is 0 Å². The number of aryl methyl sites for hydroxylation is 2. The molecule has 21 heavy (non-hydrogen) atoms. The summed E-state index contributed by atoms with van der Waals surface area (Å²) < 4.78 is 24.2.